The number of alkyl halides is 1. The standard InChI is InChI=1S/C24H21FN6O2S/c1-31-10-15(9-29-31)14-6-19-23(21(7-14)33-20-4-5-32-11-17(20)25)24(27-12-26-19)30-16-2-3-18-22(8-16)34-13-28-18/h2-3,6-10,12-13,17,20H,4-5,11H2,1H3,(H,26,27,30)/t17-,20-/m0/s1. The highest BCUT2D eigenvalue weighted by molar-refractivity contribution is 7.16. The summed E-state index contributed by atoms with van der Waals surface area (Å²) < 4.78 is 28.9. The van der Waals surface area contributed by atoms with Crippen LogP contribution in [0.1, 0.15) is 6.42 Å². The second-order valence-electron chi connectivity index (χ2n) is 8.19. The first kappa shape index (κ1) is 20.9. The van der Waals surface area contributed by atoms with Crippen LogP contribution < -0.4 is 10.1 Å². The Morgan fingerprint density at radius 1 is 1.15 bits per heavy atom. The third-order valence-electron chi connectivity index (χ3n) is 5.84. The molecule has 3 aromatic heterocycles. The number of benzene rings is 2. The summed E-state index contributed by atoms with van der Waals surface area (Å²) in [5.74, 6) is 1.11. The van der Waals surface area contributed by atoms with Crippen LogP contribution in [-0.4, -0.2) is 50.2 Å². The lowest BCUT2D eigenvalue weighted by Crippen LogP contribution is -2.37. The number of halogens is 1. The molecular formula is C24H21FN6O2S. The number of aryl methyl sites for hydroxylation is 1. The van der Waals surface area contributed by atoms with Gasteiger partial charge in [-0.1, -0.05) is 0 Å². The summed E-state index contributed by atoms with van der Waals surface area (Å²) in [6, 6.07) is 9.82. The van der Waals surface area contributed by atoms with Crippen molar-refractivity contribution in [2.75, 3.05) is 18.5 Å². The van der Waals surface area contributed by atoms with Crippen LogP contribution >= 0.6 is 11.3 Å². The molecule has 1 aliphatic rings. The van der Waals surface area contributed by atoms with E-state index in [0.717, 1.165) is 27.0 Å². The monoisotopic (exact) mass is 476 g/mol. The van der Waals surface area contributed by atoms with Crippen molar-refractivity contribution >= 4 is 44.0 Å². The molecule has 0 saturated carbocycles. The molecule has 0 bridgehead atoms. The second-order valence-corrected chi connectivity index (χ2v) is 9.08. The zero-order valence-electron chi connectivity index (χ0n) is 18.3. The largest absolute Gasteiger partial charge is 0.486 e. The van der Waals surface area contributed by atoms with Crippen molar-refractivity contribution in [2.45, 2.75) is 18.7 Å². The molecule has 0 amide bonds. The highest BCUT2D eigenvalue weighted by Crippen LogP contribution is 2.38. The Morgan fingerprint density at radius 2 is 2.09 bits per heavy atom. The van der Waals surface area contributed by atoms with Crippen molar-refractivity contribution < 1.29 is 13.9 Å². The molecule has 0 radical (unpaired) electrons. The average Bonchev–Trinajstić information content (AvgIpc) is 3.49. The van der Waals surface area contributed by atoms with Crippen LogP contribution in [0, 0.1) is 0 Å². The Kier molecular flexibility index (Phi) is 5.31. The van der Waals surface area contributed by atoms with Gasteiger partial charge in [-0.15, -0.1) is 11.3 Å². The third-order valence-corrected chi connectivity index (χ3v) is 6.63. The van der Waals surface area contributed by atoms with Gasteiger partial charge in [0.2, 0.25) is 0 Å². The van der Waals surface area contributed by atoms with Gasteiger partial charge in [0, 0.05) is 30.9 Å². The number of nitrogens with zero attached hydrogens (tertiary/aromatic N) is 5. The maximum Gasteiger partial charge on any atom is 0.160 e. The van der Waals surface area contributed by atoms with Gasteiger partial charge in [0.15, 0.2) is 6.17 Å². The lowest BCUT2D eigenvalue weighted by Gasteiger charge is -2.27. The first-order chi connectivity index (χ1) is 16.6. The molecule has 1 saturated heterocycles. The lowest BCUT2D eigenvalue weighted by molar-refractivity contribution is -0.0376. The maximum atomic E-state index is 14.6. The summed E-state index contributed by atoms with van der Waals surface area (Å²) in [6.07, 6.45) is 3.87. The van der Waals surface area contributed by atoms with Crippen molar-refractivity contribution in [1.29, 1.82) is 0 Å². The Labute approximate surface area is 198 Å². The molecule has 1 N–H and O–H groups in total. The minimum absolute atomic E-state index is 0.0291. The minimum atomic E-state index is -1.21. The van der Waals surface area contributed by atoms with E-state index in [0.29, 0.717) is 35.5 Å². The summed E-state index contributed by atoms with van der Waals surface area (Å²) in [5.41, 5.74) is 6.13. The molecule has 4 heterocycles. The topological polar surface area (TPSA) is 87.0 Å². The molecule has 1 fully saturated rings. The molecule has 5 aromatic rings. The summed E-state index contributed by atoms with van der Waals surface area (Å²) in [4.78, 5) is 13.3. The molecule has 10 heteroatoms. The Bertz CT molecular complexity index is 1490. The van der Waals surface area contributed by atoms with E-state index in [-0.39, 0.29) is 6.61 Å². The van der Waals surface area contributed by atoms with Crippen LogP contribution in [0.15, 0.2) is 54.6 Å². The third kappa shape index (κ3) is 3.95. The molecule has 2 aromatic carbocycles. The van der Waals surface area contributed by atoms with E-state index in [4.69, 9.17) is 9.47 Å². The molecule has 0 aliphatic carbocycles. The first-order valence-corrected chi connectivity index (χ1v) is 11.8. The van der Waals surface area contributed by atoms with Crippen molar-refractivity contribution in [2.24, 2.45) is 7.05 Å². The average molecular weight is 477 g/mol. The zero-order chi connectivity index (χ0) is 23.1. The van der Waals surface area contributed by atoms with E-state index in [1.807, 2.05) is 49.1 Å². The summed E-state index contributed by atoms with van der Waals surface area (Å²) in [7, 11) is 1.86. The minimum Gasteiger partial charge on any atom is -0.486 e. The van der Waals surface area contributed by atoms with E-state index < -0.39 is 12.3 Å². The second kappa shape index (κ2) is 8.62. The molecule has 6 rings (SSSR count). The Hall–Kier alpha value is -3.63. The molecule has 172 valence electrons. The normalized spacial score (nSPS) is 18.4. The van der Waals surface area contributed by atoms with Crippen molar-refractivity contribution in [3.05, 3.63) is 54.6 Å². The number of nitrogens with one attached hydrogen (secondary N) is 1. The van der Waals surface area contributed by atoms with Crippen LogP contribution in [0.4, 0.5) is 15.9 Å². The zero-order valence-corrected chi connectivity index (χ0v) is 19.1. The van der Waals surface area contributed by atoms with Gasteiger partial charge in [-0.25, -0.2) is 19.3 Å². The molecule has 34 heavy (non-hydrogen) atoms. The van der Waals surface area contributed by atoms with Gasteiger partial charge >= 0.3 is 0 Å². The van der Waals surface area contributed by atoms with Gasteiger partial charge in [0.05, 0.1) is 46.0 Å². The summed E-state index contributed by atoms with van der Waals surface area (Å²) >= 11 is 1.57. The van der Waals surface area contributed by atoms with Gasteiger partial charge in [0.25, 0.3) is 0 Å². The van der Waals surface area contributed by atoms with Gasteiger partial charge in [-0.2, -0.15) is 5.10 Å². The number of hydrogen-bond donors (Lipinski definition) is 1. The first-order valence-electron chi connectivity index (χ1n) is 10.9. The fourth-order valence-electron chi connectivity index (χ4n) is 4.13. The molecule has 1 aliphatic heterocycles. The summed E-state index contributed by atoms with van der Waals surface area (Å²) in [5, 5.41) is 8.36. The van der Waals surface area contributed by atoms with Crippen LogP contribution in [0.3, 0.4) is 0 Å². The van der Waals surface area contributed by atoms with Gasteiger partial charge < -0.3 is 14.8 Å². The number of ether oxygens (including phenoxy) is 2. The Morgan fingerprint density at radius 3 is 2.94 bits per heavy atom. The predicted molar refractivity (Wildman–Crippen MR) is 129 cm³/mol. The highest BCUT2D eigenvalue weighted by atomic mass is 32.1. The van der Waals surface area contributed by atoms with Crippen molar-refractivity contribution in [3.8, 4) is 16.9 Å². The van der Waals surface area contributed by atoms with Gasteiger partial charge in [0.1, 0.15) is 24.0 Å². The van der Waals surface area contributed by atoms with Crippen LogP contribution in [0.25, 0.3) is 32.2 Å². The fourth-order valence-corrected chi connectivity index (χ4v) is 4.84. The van der Waals surface area contributed by atoms with Crippen LogP contribution in [-0.2, 0) is 11.8 Å². The van der Waals surface area contributed by atoms with E-state index in [1.54, 1.807) is 22.2 Å². The molecule has 8 nitrogen and oxygen atoms in total. The lowest BCUT2D eigenvalue weighted by atomic mass is 10.0. The van der Waals surface area contributed by atoms with E-state index >= 15 is 0 Å². The number of fused-ring (bicyclic) bond motifs is 2. The smallest absolute Gasteiger partial charge is 0.160 e. The summed E-state index contributed by atoms with van der Waals surface area (Å²) in [6.45, 7) is 0.489. The van der Waals surface area contributed by atoms with Crippen LogP contribution in [0.5, 0.6) is 5.75 Å². The van der Waals surface area contributed by atoms with Crippen molar-refractivity contribution in [1.82, 2.24) is 24.7 Å². The van der Waals surface area contributed by atoms with E-state index in [1.165, 1.54) is 6.33 Å². The number of hydrogen-bond acceptors (Lipinski definition) is 8. The molecule has 0 unspecified atom stereocenters. The highest BCUT2D eigenvalue weighted by Gasteiger charge is 2.28. The predicted octanol–water partition coefficient (Wildman–Crippen LogP) is 4.89. The van der Waals surface area contributed by atoms with E-state index in [2.05, 4.69) is 25.4 Å². The number of rotatable bonds is 5. The SMILES string of the molecule is Cn1cc(-c2cc(O[C@H]3CCOC[C@@H]3F)c3c(Nc4ccc5ncsc5c4)ncnc3c2)cn1. The number of anilines is 2. The van der Waals surface area contributed by atoms with Crippen molar-refractivity contribution in [3.63, 3.8) is 0 Å². The maximum absolute atomic E-state index is 14.6. The molecule has 0 spiro atoms. The number of thiazole rings is 1. The fraction of sp³-hybridized carbons (Fsp3) is 0.250. The number of aromatic nitrogens is 5. The Balaban J connectivity index is 1.46. The molecule has 2 atom stereocenters. The van der Waals surface area contributed by atoms with Gasteiger partial charge in [-0.3, -0.25) is 4.68 Å². The van der Waals surface area contributed by atoms with Crippen LogP contribution in [0.2, 0.25) is 0 Å². The molecular weight excluding hydrogens is 455 g/mol. The van der Waals surface area contributed by atoms with Gasteiger partial charge in [-0.05, 0) is 35.9 Å². The quantitative estimate of drug-likeness (QED) is 0.386. The van der Waals surface area contributed by atoms with E-state index in [9.17, 15) is 4.39 Å².